The van der Waals surface area contributed by atoms with E-state index in [0.29, 0.717) is 62.7 Å². The van der Waals surface area contributed by atoms with Crippen LogP contribution in [0.1, 0.15) is 255 Å². The number of aliphatic hydroxyl groups is 10. The highest BCUT2D eigenvalue weighted by atomic mass is 16.5. The Hall–Kier alpha value is -8.49. The van der Waals surface area contributed by atoms with Crippen molar-refractivity contribution in [1.29, 1.82) is 0 Å². The highest BCUT2D eigenvalue weighted by Crippen LogP contribution is 2.51. The molecule has 21 atom stereocenters. The first-order chi connectivity index (χ1) is 67.6. The number of β-amino-alcohol motifs (C(OH)–C–C–N with tert-alkyl or cyclic N) is 1. The van der Waals surface area contributed by atoms with Gasteiger partial charge in [0.2, 0.25) is 47.3 Å². The molecule has 3 aliphatic heterocycles. The Morgan fingerprint density at radius 2 is 1.32 bits per heavy atom. The SMILES string of the molecule is CCCCC(NC(O)C(CNC(=O)CCCC(=O)O)NC(O)C(CO)NC(O)C(CCC(N)O)NC(=O)C(CO)NC(=O)CNC(=O)COCCOCCNC(=O)CCCCCCCCCCCCCCCC(C)C)C(O)NC1CCC(=O)C23CC(N)=NCCC(c4cccc(C)c4)C(NC(O)CNC(O)C4CCCN4C1=O)C(=O)NC(Cc1c[nH]c4ccccc14)C(=O)NC(C(N)O)CCCCNC2C3. The molecule has 2 bridgehead atoms. The third-order valence-electron chi connectivity index (χ3n) is 26.8. The standard InChI is InChI=1S/C98H168N20O23/c1-5-6-31-69(111-92(134)73(55-106-82(124)36-25-37-86(128)129)115-94(136)75(59-120)116-90(132)70(39-41-80(100)122)112-93(135)74(58-119)109-83(125)56-107-85(127)60-141-49-48-140-47-45-104-81(123)35-19-17-15-13-11-9-7-8-10-12-14-16-18-27-61(2)3)89(131)113-71-38-40-78(121)98-52-77(98)102-43-23-22-33-68(88(101)130)110-91(133)72(51-64-54-105-67-32-21-20-30-65(64)67)114-96(138)87(66(42-44-103-79(99)53-98)63-29-24-28-62(4)50-63)117-84(126)57-108-95(137)76-34-26-46-118(76)97(71)139/h20-21,24,28-30,32,50,54,61,66,68-77,80,84,87-90,92,94-95,102,105,108,111,113,115-117,119-120,122,126,130-132,134,136-137H,5-19,22-23,25-27,31,33-49,51-53,55-60,100-101H2,1-4H3,(H2,99,103)(H,104,123)(H,106,124)(H,107,127)(H,109,125)(H,110,133)(H,112,135)(H,114,138)(H,128,129). The van der Waals surface area contributed by atoms with Crippen molar-refractivity contribution in [2.24, 2.45) is 33.5 Å². The number of amides is 8. The highest BCUT2D eigenvalue weighted by molar-refractivity contribution is 5.96. The number of nitrogens with two attached hydrogens (primary N) is 3. The summed E-state index contributed by atoms with van der Waals surface area (Å²) < 4.78 is 10.9. The molecular formula is C98H168N20O23. The van der Waals surface area contributed by atoms with Crippen LogP contribution in [0, 0.1) is 18.3 Å². The van der Waals surface area contributed by atoms with Gasteiger partial charge in [0.25, 0.3) is 0 Å². The molecule has 3 aromatic rings. The van der Waals surface area contributed by atoms with Crippen LogP contribution in [0.2, 0.25) is 0 Å². The van der Waals surface area contributed by atoms with Crippen LogP contribution < -0.4 is 91.6 Å². The number of nitrogens with one attached hydrogen (secondary N) is 15. The summed E-state index contributed by atoms with van der Waals surface area (Å²) in [7, 11) is 0. The number of carboxylic acid groups (broad SMARTS) is 1. The topological polar surface area (TPSA) is 690 Å². The van der Waals surface area contributed by atoms with E-state index in [1.54, 1.807) is 6.20 Å². The summed E-state index contributed by atoms with van der Waals surface area (Å²) in [5, 5.41) is 165. The predicted octanol–water partition coefficient (Wildman–Crippen LogP) is -1.29. The number of Topliss-reactive ketones (excluding diaryl/α,β-unsaturated/α-hetero) is 1. The number of aromatic amines is 1. The Bertz CT molecular complexity index is 4250. The van der Waals surface area contributed by atoms with Crippen LogP contribution in [0.4, 0.5) is 0 Å². The van der Waals surface area contributed by atoms with Crippen LogP contribution in [0.3, 0.4) is 0 Å². The van der Waals surface area contributed by atoms with Crippen LogP contribution in [-0.4, -0.2) is 333 Å². The Morgan fingerprint density at radius 1 is 0.645 bits per heavy atom. The summed E-state index contributed by atoms with van der Waals surface area (Å²) in [6.45, 7) is 5.15. The lowest BCUT2D eigenvalue weighted by Gasteiger charge is -2.37. The van der Waals surface area contributed by atoms with E-state index in [1.165, 1.54) is 75.5 Å². The monoisotopic (exact) mass is 1990 g/mol. The zero-order valence-electron chi connectivity index (χ0n) is 83.0. The second-order valence-electron chi connectivity index (χ2n) is 38.7. The van der Waals surface area contributed by atoms with Gasteiger partial charge in [-0.2, -0.15) is 0 Å². The number of hydrogen-bond acceptors (Lipinski definition) is 33. The molecule has 798 valence electrons. The number of amidine groups is 1. The summed E-state index contributed by atoms with van der Waals surface area (Å²) in [5.74, 6) is -6.92. The third-order valence-corrected chi connectivity index (χ3v) is 26.8. The lowest BCUT2D eigenvalue weighted by Crippen LogP contribution is -2.66. The number of carbonyl (C=O) groups is 10. The average Bonchev–Trinajstić information content (AvgIpc) is 1.58. The van der Waals surface area contributed by atoms with Gasteiger partial charge in [-0.3, -0.25) is 84.8 Å². The highest BCUT2D eigenvalue weighted by Gasteiger charge is 2.59. The van der Waals surface area contributed by atoms with E-state index < -0.39 is 214 Å². The van der Waals surface area contributed by atoms with Crippen LogP contribution in [0.5, 0.6) is 0 Å². The fourth-order valence-corrected chi connectivity index (χ4v) is 18.5. The summed E-state index contributed by atoms with van der Waals surface area (Å²) in [6, 6.07) is 0.683. The number of aromatic nitrogens is 1. The first-order valence-electron chi connectivity index (χ1n) is 51.2. The average molecular weight is 1990 g/mol. The Kier molecular flexibility index (Phi) is 55.1. The fraction of sp³-hybridized carbons (Fsp3) is 0.745. The molecule has 21 unspecified atom stereocenters. The van der Waals surface area contributed by atoms with Crippen molar-refractivity contribution in [2.75, 3.05) is 85.5 Å². The number of aryl methyl sites for hydroxylation is 1. The quantitative estimate of drug-likeness (QED) is 0.0231. The molecule has 0 radical (unpaired) electrons. The Balaban J connectivity index is 1.01. The summed E-state index contributed by atoms with van der Waals surface area (Å²) in [6.07, 6.45) is 6.35. The molecule has 8 amide bonds. The minimum Gasteiger partial charge on any atom is -0.481 e. The molecule has 32 N–H and O–H groups in total. The van der Waals surface area contributed by atoms with Crippen molar-refractivity contribution in [2.45, 2.75) is 368 Å². The molecule has 2 aromatic carbocycles. The van der Waals surface area contributed by atoms with Crippen molar-refractivity contribution in [3.8, 4) is 0 Å². The van der Waals surface area contributed by atoms with Crippen LogP contribution in [0.15, 0.2) is 59.7 Å². The Morgan fingerprint density at radius 3 is 2.01 bits per heavy atom. The fourth-order valence-electron chi connectivity index (χ4n) is 18.5. The first-order valence-corrected chi connectivity index (χ1v) is 51.2. The maximum Gasteiger partial charge on any atom is 0.303 e. The van der Waals surface area contributed by atoms with E-state index in [4.69, 9.17) is 31.7 Å². The van der Waals surface area contributed by atoms with Gasteiger partial charge in [0.1, 0.15) is 74.3 Å². The molecule has 1 saturated heterocycles. The van der Waals surface area contributed by atoms with Crippen molar-refractivity contribution in [3.05, 3.63) is 71.4 Å². The number of nitrogens with zero attached hydrogens (tertiary/aromatic N) is 2. The first kappa shape index (κ1) is 119. The Labute approximate surface area is 828 Å². The van der Waals surface area contributed by atoms with Gasteiger partial charge in [0.05, 0.1) is 93.1 Å². The number of carbonyl (C=O) groups excluding carboxylic acids is 9. The molecule has 4 heterocycles. The van der Waals surface area contributed by atoms with E-state index in [1.807, 2.05) is 62.4 Å². The van der Waals surface area contributed by atoms with Gasteiger partial charge in [0, 0.05) is 106 Å². The lowest BCUT2D eigenvalue weighted by atomic mass is 9.86. The van der Waals surface area contributed by atoms with Gasteiger partial charge >= 0.3 is 5.97 Å². The van der Waals surface area contributed by atoms with Gasteiger partial charge in [-0.1, -0.05) is 165 Å². The zero-order valence-corrected chi connectivity index (χ0v) is 83.0. The van der Waals surface area contributed by atoms with Crippen molar-refractivity contribution < 1.29 is 114 Å². The van der Waals surface area contributed by atoms with Crippen molar-refractivity contribution in [1.82, 2.24) is 84.3 Å². The number of aliphatic hydroxyl groups excluding tert-OH is 10. The number of aliphatic carboxylic acids is 1. The minimum absolute atomic E-state index is 0.00359. The maximum absolute atomic E-state index is 15.6. The summed E-state index contributed by atoms with van der Waals surface area (Å²) >= 11 is 0. The zero-order chi connectivity index (χ0) is 103. The summed E-state index contributed by atoms with van der Waals surface area (Å²) in [4.78, 5) is 148. The van der Waals surface area contributed by atoms with Crippen molar-refractivity contribution >= 4 is 75.7 Å². The number of rotatable bonds is 59. The van der Waals surface area contributed by atoms with Crippen LogP contribution in [0.25, 0.3) is 10.9 Å². The lowest BCUT2D eigenvalue weighted by molar-refractivity contribution is -0.139. The van der Waals surface area contributed by atoms with E-state index in [9.17, 15) is 89.7 Å². The van der Waals surface area contributed by atoms with Gasteiger partial charge in [-0.25, -0.2) is 0 Å². The molecule has 1 saturated carbocycles. The number of ether oxygens (including phenoxy) is 2. The second kappa shape index (κ2) is 65.1. The molecule has 1 aromatic heterocycles. The number of para-hydroxylation sites is 1. The number of H-pyrrole nitrogens is 1. The maximum atomic E-state index is 15.6. The number of fused-ring (bicyclic) bond motifs is 7. The number of aliphatic imine (C=N–C) groups is 1. The predicted molar refractivity (Wildman–Crippen MR) is 529 cm³/mol. The van der Waals surface area contributed by atoms with Gasteiger partial charge < -0.3 is 135 Å². The molecule has 4 aliphatic rings. The number of benzene rings is 2. The van der Waals surface area contributed by atoms with Crippen LogP contribution in [-0.2, 0) is 63.8 Å². The summed E-state index contributed by atoms with van der Waals surface area (Å²) in [5.41, 5.74) is 20.6. The number of ketones is 1. The number of unbranched alkanes of at least 4 members (excludes halogenated alkanes) is 13. The van der Waals surface area contributed by atoms with E-state index in [-0.39, 0.29) is 140 Å². The van der Waals surface area contributed by atoms with Gasteiger partial charge in [0.15, 0.2) is 0 Å². The van der Waals surface area contributed by atoms with E-state index in [2.05, 4.69) is 93.3 Å². The molecule has 43 heteroatoms. The number of hydrogen-bond donors (Lipinski definition) is 29. The molecule has 2 fully saturated rings. The molecular weight excluding hydrogens is 1830 g/mol. The molecule has 141 heavy (non-hydrogen) atoms. The van der Waals surface area contributed by atoms with Gasteiger partial charge in [-0.15, -0.1) is 0 Å². The largest absolute Gasteiger partial charge is 0.481 e. The van der Waals surface area contributed by atoms with Crippen molar-refractivity contribution in [3.63, 3.8) is 0 Å². The smallest absolute Gasteiger partial charge is 0.303 e. The minimum atomic E-state index is -2.03. The van der Waals surface area contributed by atoms with Crippen LogP contribution >= 0.6 is 0 Å². The normalized spacial score (nSPS) is 23.5. The second-order valence-corrected chi connectivity index (χ2v) is 38.7. The molecule has 43 nitrogen and oxygen atoms in total. The molecule has 1 spiro atoms. The molecule has 1 aliphatic carbocycles. The van der Waals surface area contributed by atoms with E-state index in [0.717, 1.165) is 41.6 Å². The van der Waals surface area contributed by atoms with Gasteiger partial charge in [-0.05, 0) is 120 Å². The van der Waals surface area contributed by atoms with E-state index >= 15 is 14.4 Å². The number of carboxylic acids is 1. The third kappa shape index (κ3) is 43.4. The molecule has 7 rings (SSSR count).